The number of aryl methyl sites for hydroxylation is 2. The number of ether oxygens (including phenoxy) is 1. The van der Waals surface area contributed by atoms with Crippen molar-refractivity contribution in [2.45, 2.75) is 33.6 Å². The minimum atomic E-state index is -0.208. The summed E-state index contributed by atoms with van der Waals surface area (Å²) in [6.07, 6.45) is 0.989. The fourth-order valence-electron chi connectivity index (χ4n) is 2.33. The highest BCUT2D eigenvalue weighted by Gasteiger charge is 2.14. The number of hydrogen-bond acceptors (Lipinski definition) is 3. The predicted octanol–water partition coefficient (Wildman–Crippen LogP) is 3.56. The monoisotopic (exact) mass is 306 g/mol. The molecule has 0 bridgehead atoms. The van der Waals surface area contributed by atoms with Crippen molar-refractivity contribution in [2.24, 2.45) is 0 Å². The molecule has 1 heterocycles. The first-order valence-corrected chi connectivity index (χ1v) is 7.20. The smallest absolute Gasteiger partial charge is 0.305 e. The number of nitrogens with zero attached hydrogens (tertiary/aromatic N) is 2. The molecule has 4 nitrogen and oxygen atoms in total. The summed E-state index contributed by atoms with van der Waals surface area (Å²) in [5.74, 6) is -0.208. The van der Waals surface area contributed by atoms with Crippen molar-refractivity contribution < 1.29 is 9.53 Å². The molecule has 0 saturated heterocycles. The molecule has 0 N–H and O–H groups in total. The van der Waals surface area contributed by atoms with Gasteiger partial charge in [0.05, 0.1) is 18.5 Å². The summed E-state index contributed by atoms with van der Waals surface area (Å²) in [4.78, 5) is 11.3. The molecule has 0 fully saturated rings. The fraction of sp³-hybridized carbons (Fsp3) is 0.375. The molecular weight excluding hydrogens is 288 g/mol. The summed E-state index contributed by atoms with van der Waals surface area (Å²) in [5, 5.41) is 5.28. The van der Waals surface area contributed by atoms with E-state index in [1.807, 2.05) is 43.7 Å². The van der Waals surface area contributed by atoms with Crippen LogP contribution in [0.4, 0.5) is 0 Å². The summed E-state index contributed by atoms with van der Waals surface area (Å²) in [5.41, 5.74) is 4.99. The van der Waals surface area contributed by atoms with Crippen LogP contribution in [0.1, 0.15) is 28.9 Å². The second kappa shape index (κ2) is 6.31. The van der Waals surface area contributed by atoms with E-state index in [4.69, 9.17) is 11.6 Å². The lowest BCUT2D eigenvalue weighted by molar-refractivity contribution is -0.140. The lowest BCUT2D eigenvalue weighted by Crippen LogP contribution is -2.04. The van der Waals surface area contributed by atoms with E-state index in [1.165, 1.54) is 7.11 Å². The van der Waals surface area contributed by atoms with Crippen LogP contribution in [0.5, 0.6) is 0 Å². The molecule has 0 unspecified atom stereocenters. The Morgan fingerprint density at radius 3 is 2.67 bits per heavy atom. The van der Waals surface area contributed by atoms with E-state index < -0.39 is 0 Å². The zero-order valence-corrected chi connectivity index (χ0v) is 13.5. The average molecular weight is 307 g/mol. The van der Waals surface area contributed by atoms with Crippen LogP contribution in [0, 0.1) is 20.8 Å². The molecule has 0 aliphatic heterocycles. The number of carbonyl (C=O) groups excluding carboxylic acids is 1. The van der Waals surface area contributed by atoms with E-state index >= 15 is 0 Å². The van der Waals surface area contributed by atoms with Gasteiger partial charge in [0.2, 0.25) is 0 Å². The first kappa shape index (κ1) is 15.6. The van der Waals surface area contributed by atoms with Crippen molar-refractivity contribution >= 4 is 17.6 Å². The van der Waals surface area contributed by atoms with Gasteiger partial charge < -0.3 is 4.74 Å². The molecule has 21 heavy (non-hydrogen) atoms. The third-order valence-electron chi connectivity index (χ3n) is 3.65. The predicted molar refractivity (Wildman–Crippen MR) is 83.1 cm³/mol. The molecule has 0 aliphatic rings. The highest BCUT2D eigenvalue weighted by atomic mass is 35.5. The Morgan fingerprint density at radius 1 is 1.33 bits per heavy atom. The molecule has 5 heteroatoms. The SMILES string of the molecule is COC(=O)CCc1c(C)nn(-c2ccc(C)c(Cl)c2)c1C. The maximum Gasteiger partial charge on any atom is 0.305 e. The minimum absolute atomic E-state index is 0.208. The van der Waals surface area contributed by atoms with Crippen LogP contribution in [0.3, 0.4) is 0 Å². The van der Waals surface area contributed by atoms with Crippen molar-refractivity contribution in [3.8, 4) is 5.69 Å². The van der Waals surface area contributed by atoms with Gasteiger partial charge in [0.15, 0.2) is 0 Å². The van der Waals surface area contributed by atoms with Gasteiger partial charge in [0, 0.05) is 17.1 Å². The largest absolute Gasteiger partial charge is 0.469 e. The van der Waals surface area contributed by atoms with Crippen molar-refractivity contribution in [1.29, 1.82) is 0 Å². The standard InChI is InChI=1S/C16H19ClN2O2/c1-10-5-6-13(9-15(10)17)19-12(3)14(11(2)18-19)7-8-16(20)21-4/h5-6,9H,7-8H2,1-4H3. The lowest BCUT2D eigenvalue weighted by Gasteiger charge is -2.07. The van der Waals surface area contributed by atoms with Gasteiger partial charge in [-0.1, -0.05) is 17.7 Å². The van der Waals surface area contributed by atoms with E-state index in [2.05, 4.69) is 9.84 Å². The molecule has 0 spiro atoms. The average Bonchev–Trinajstić information content (AvgIpc) is 2.74. The first-order valence-electron chi connectivity index (χ1n) is 6.82. The molecule has 112 valence electrons. The Morgan fingerprint density at radius 2 is 2.05 bits per heavy atom. The Hall–Kier alpha value is -1.81. The van der Waals surface area contributed by atoms with Crippen molar-refractivity contribution in [3.63, 3.8) is 0 Å². The molecule has 0 aliphatic carbocycles. The minimum Gasteiger partial charge on any atom is -0.469 e. The lowest BCUT2D eigenvalue weighted by atomic mass is 10.1. The third-order valence-corrected chi connectivity index (χ3v) is 4.06. The molecule has 0 saturated carbocycles. The summed E-state index contributed by atoms with van der Waals surface area (Å²) >= 11 is 6.18. The van der Waals surface area contributed by atoms with Crippen LogP contribution in [-0.4, -0.2) is 22.9 Å². The van der Waals surface area contributed by atoms with E-state index in [1.54, 1.807) is 0 Å². The van der Waals surface area contributed by atoms with E-state index in [0.29, 0.717) is 12.8 Å². The summed E-state index contributed by atoms with van der Waals surface area (Å²) in [7, 11) is 1.40. The molecule has 1 aromatic carbocycles. The van der Waals surface area contributed by atoms with Crippen LogP contribution in [0.2, 0.25) is 5.02 Å². The van der Waals surface area contributed by atoms with Crippen molar-refractivity contribution in [3.05, 3.63) is 45.7 Å². The third kappa shape index (κ3) is 3.27. The number of aromatic nitrogens is 2. The van der Waals surface area contributed by atoms with Crippen molar-refractivity contribution in [2.75, 3.05) is 7.11 Å². The van der Waals surface area contributed by atoms with E-state index in [9.17, 15) is 4.79 Å². The molecule has 1 aromatic heterocycles. The summed E-state index contributed by atoms with van der Waals surface area (Å²) in [6.45, 7) is 5.92. The van der Waals surface area contributed by atoms with E-state index in [0.717, 1.165) is 33.2 Å². The number of halogens is 1. The van der Waals surface area contributed by atoms with E-state index in [-0.39, 0.29) is 5.97 Å². The van der Waals surface area contributed by atoms with Crippen LogP contribution >= 0.6 is 11.6 Å². The number of benzene rings is 1. The highest BCUT2D eigenvalue weighted by molar-refractivity contribution is 6.31. The van der Waals surface area contributed by atoms with Crippen LogP contribution in [0.25, 0.3) is 5.69 Å². The highest BCUT2D eigenvalue weighted by Crippen LogP contribution is 2.23. The van der Waals surface area contributed by atoms with Crippen LogP contribution < -0.4 is 0 Å². The number of esters is 1. The van der Waals surface area contributed by atoms with Crippen LogP contribution in [0.15, 0.2) is 18.2 Å². The van der Waals surface area contributed by atoms with Crippen LogP contribution in [-0.2, 0) is 16.0 Å². The molecule has 0 radical (unpaired) electrons. The van der Waals surface area contributed by atoms with Gasteiger partial charge in [-0.3, -0.25) is 4.79 Å². The molecule has 0 atom stereocenters. The molecular formula is C16H19ClN2O2. The van der Waals surface area contributed by atoms with Crippen molar-refractivity contribution in [1.82, 2.24) is 9.78 Å². The van der Waals surface area contributed by atoms with Gasteiger partial charge in [0.25, 0.3) is 0 Å². The fourth-order valence-corrected chi connectivity index (χ4v) is 2.51. The zero-order chi connectivity index (χ0) is 15.6. The number of hydrogen-bond donors (Lipinski definition) is 0. The number of methoxy groups -OCH3 is 1. The molecule has 0 amide bonds. The number of carbonyl (C=O) groups is 1. The summed E-state index contributed by atoms with van der Waals surface area (Å²) in [6, 6.07) is 5.87. The van der Waals surface area contributed by atoms with Gasteiger partial charge >= 0.3 is 5.97 Å². The van der Waals surface area contributed by atoms with Gasteiger partial charge in [-0.25, -0.2) is 4.68 Å². The molecule has 2 rings (SSSR count). The van der Waals surface area contributed by atoms with Gasteiger partial charge in [-0.2, -0.15) is 5.10 Å². The van der Waals surface area contributed by atoms with Gasteiger partial charge in [0.1, 0.15) is 0 Å². The van der Waals surface area contributed by atoms with Gasteiger partial charge in [-0.15, -0.1) is 0 Å². The maximum atomic E-state index is 11.3. The second-order valence-electron chi connectivity index (χ2n) is 5.07. The number of rotatable bonds is 4. The zero-order valence-electron chi connectivity index (χ0n) is 12.7. The Labute approximate surface area is 129 Å². The Balaban J connectivity index is 2.33. The maximum absolute atomic E-state index is 11.3. The normalized spacial score (nSPS) is 10.7. The van der Waals surface area contributed by atoms with Gasteiger partial charge in [-0.05, 0) is 50.5 Å². The second-order valence-corrected chi connectivity index (χ2v) is 5.48. The topological polar surface area (TPSA) is 44.1 Å². The Bertz CT molecular complexity index is 677. The quantitative estimate of drug-likeness (QED) is 0.811. The Kier molecular flexibility index (Phi) is 4.68. The summed E-state index contributed by atoms with van der Waals surface area (Å²) < 4.78 is 6.56. The first-order chi connectivity index (χ1) is 9.93. The molecule has 2 aromatic rings.